The second-order valence-electron chi connectivity index (χ2n) is 3.66. The van der Waals surface area contributed by atoms with Crippen molar-refractivity contribution in [1.29, 1.82) is 0 Å². The number of ether oxygens (including phenoxy) is 2. The molecule has 0 unspecified atom stereocenters. The van der Waals surface area contributed by atoms with Crippen molar-refractivity contribution in [2.24, 2.45) is 5.16 Å². The molecule has 6 heteroatoms. The van der Waals surface area contributed by atoms with Crippen LogP contribution in [-0.4, -0.2) is 30.6 Å². The maximum atomic E-state index is 11.7. The standard InChI is InChI=1S/C13H13NO4S/c1-3-18-13(15)11(14-16)9-7-19-12-8(9)5-4-6-10(12)17-2/h4-7,16H,3H2,1-2H3. The minimum atomic E-state index is -0.646. The summed E-state index contributed by atoms with van der Waals surface area (Å²) in [7, 11) is 1.58. The molecule has 2 rings (SSSR count). The average Bonchev–Trinajstić information content (AvgIpc) is 2.84. The number of fused-ring (bicyclic) bond motifs is 1. The van der Waals surface area contributed by atoms with Gasteiger partial charge in [-0.3, -0.25) is 0 Å². The van der Waals surface area contributed by atoms with Gasteiger partial charge in [-0.1, -0.05) is 17.3 Å². The molecule has 0 saturated heterocycles. The Morgan fingerprint density at radius 2 is 2.26 bits per heavy atom. The number of nitrogens with zero attached hydrogens (tertiary/aromatic N) is 1. The van der Waals surface area contributed by atoms with Crippen LogP contribution in [0.5, 0.6) is 5.75 Å². The van der Waals surface area contributed by atoms with Crippen LogP contribution in [0.15, 0.2) is 28.7 Å². The normalized spacial score (nSPS) is 11.6. The third kappa shape index (κ3) is 2.39. The van der Waals surface area contributed by atoms with E-state index in [-0.39, 0.29) is 12.3 Å². The Hall–Kier alpha value is -2.08. The number of oxime groups is 1. The zero-order chi connectivity index (χ0) is 13.8. The van der Waals surface area contributed by atoms with Crippen molar-refractivity contribution >= 4 is 33.1 Å². The van der Waals surface area contributed by atoms with E-state index < -0.39 is 5.97 Å². The summed E-state index contributed by atoms with van der Waals surface area (Å²) in [6.07, 6.45) is 0. The van der Waals surface area contributed by atoms with Crippen molar-refractivity contribution in [2.75, 3.05) is 13.7 Å². The van der Waals surface area contributed by atoms with Gasteiger partial charge >= 0.3 is 5.97 Å². The molecule has 0 bridgehead atoms. The molecule has 1 aromatic carbocycles. The van der Waals surface area contributed by atoms with Gasteiger partial charge in [0.1, 0.15) is 5.75 Å². The molecule has 100 valence electrons. The Morgan fingerprint density at radius 1 is 1.47 bits per heavy atom. The van der Waals surface area contributed by atoms with E-state index in [0.29, 0.717) is 5.56 Å². The summed E-state index contributed by atoms with van der Waals surface area (Å²) in [6, 6.07) is 5.49. The van der Waals surface area contributed by atoms with E-state index in [1.165, 1.54) is 11.3 Å². The molecule has 0 radical (unpaired) electrons. The molecule has 1 aromatic heterocycles. The van der Waals surface area contributed by atoms with Crippen LogP contribution in [0.1, 0.15) is 12.5 Å². The van der Waals surface area contributed by atoms with Gasteiger partial charge in [0.2, 0.25) is 0 Å². The Kier molecular flexibility index (Phi) is 4.01. The first-order valence-electron chi connectivity index (χ1n) is 5.66. The summed E-state index contributed by atoms with van der Waals surface area (Å²) in [6.45, 7) is 1.92. The van der Waals surface area contributed by atoms with Crippen molar-refractivity contribution in [3.63, 3.8) is 0 Å². The fraction of sp³-hybridized carbons (Fsp3) is 0.231. The second kappa shape index (κ2) is 5.71. The van der Waals surface area contributed by atoms with E-state index in [1.54, 1.807) is 19.4 Å². The second-order valence-corrected chi connectivity index (χ2v) is 4.54. The first kappa shape index (κ1) is 13.4. The molecule has 5 nitrogen and oxygen atoms in total. The number of hydrogen-bond acceptors (Lipinski definition) is 6. The van der Waals surface area contributed by atoms with E-state index in [1.807, 2.05) is 18.2 Å². The van der Waals surface area contributed by atoms with Gasteiger partial charge in [0, 0.05) is 16.3 Å². The predicted octanol–water partition coefficient (Wildman–Crippen LogP) is 2.65. The van der Waals surface area contributed by atoms with Gasteiger partial charge < -0.3 is 14.7 Å². The third-order valence-electron chi connectivity index (χ3n) is 2.61. The number of thiophene rings is 1. The maximum absolute atomic E-state index is 11.7. The lowest BCUT2D eigenvalue weighted by atomic mass is 10.1. The highest BCUT2D eigenvalue weighted by Gasteiger charge is 2.21. The van der Waals surface area contributed by atoms with Gasteiger partial charge in [0.25, 0.3) is 0 Å². The highest BCUT2D eigenvalue weighted by Crippen LogP contribution is 2.34. The Morgan fingerprint density at radius 3 is 2.89 bits per heavy atom. The lowest BCUT2D eigenvalue weighted by Gasteiger charge is -2.04. The summed E-state index contributed by atoms with van der Waals surface area (Å²) in [5.74, 6) is 0.0717. The Labute approximate surface area is 114 Å². The minimum Gasteiger partial charge on any atom is -0.495 e. The van der Waals surface area contributed by atoms with Crippen LogP contribution in [0, 0.1) is 0 Å². The quantitative estimate of drug-likeness (QED) is 0.404. The first-order chi connectivity index (χ1) is 9.22. The molecule has 19 heavy (non-hydrogen) atoms. The van der Waals surface area contributed by atoms with Crippen molar-refractivity contribution < 1.29 is 19.5 Å². The van der Waals surface area contributed by atoms with Crippen LogP contribution in [-0.2, 0) is 9.53 Å². The van der Waals surface area contributed by atoms with E-state index in [4.69, 9.17) is 14.7 Å². The number of benzene rings is 1. The number of esters is 1. The summed E-state index contributed by atoms with van der Waals surface area (Å²) in [4.78, 5) is 11.7. The molecule has 0 aliphatic carbocycles. The zero-order valence-electron chi connectivity index (χ0n) is 10.5. The van der Waals surface area contributed by atoms with E-state index in [0.717, 1.165) is 15.8 Å². The van der Waals surface area contributed by atoms with Gasteiger partial charge in [-0.05, 0) is 13.0 Å². The van der Waals surface area contributed by atoms with Crippen LogP contribution in [0.3, 0.4) is 0 Å². The van der Waals surface area contributed by atoms with Gasteiger partial charge in [-0.2, -0.15) is 0 Å². The lowest BCUT2D eigenvalue weighted by molar-refractivity contribution is -0.135. The van der Waals surface area contributed by atoms with Gasteiger partial charge in [0.15, 0.2) is 5.71 Å². The van der Waals surface area contributed by atoms with Gasteiger partial charge in [-0.25, -0.2) is 4.79 Å². The van der Waals surface area contributed by atoms with E-state index in [9.17, 15) is 4.79 Å². The number of rotatable bonds is 4. The number of carbonyl (C=O) groups excluding carboxylic acids is 1. The largest absolute Gasteiger partial charge is 0.495 e. The van der Waals surface area contributed by atoms with Crippen molar-refractivity contribution in [3.8, 4) is 5.75 Å². The summed E-state index contributed by atoms with van der Waals surface area (Å²) < 4.78 is 11.0. The molecule has 0 fully saturated rings. The molecule has 0 atom stereocenters. The van der Waals surface area contributed by atoms with E-state index in [2.05, 4.69) is 5.16 Å². The molecule has 2 aromatic rings. The molecular formula is C13H13NO4S. The SMILES string of the molecule is CCOC(=O)C(=NO)c1csc2c(OC)cccc12. The number of methoxy groups -OCH3 is 1. The Bertz CT molecular complexity index is 633. The lowest BCUT2D eigenvalue weighted by Crippen LogP contribution is -2.18. The molecule has 0 saturated carbocycles. The fourth-order valence-electron chi connectivity index (χ4n) is 1.78. The van der Waals surface area contributed by atoms with Crippen molar-refractivity contribution in [3.05, 3.63) is 29.1 Å². The zero-order valence-corrected chi connectivity index (χ0v) is 11.4. The molecule has 0 amide bonds. The highest BCUT2D eigenvalue weighted by atomic mass is 32.1. The summed E-state index contributed by atoms with van der Waals surface area (Å²) in [5.41, 5.74) is 0.446. The summed E-state index contributed by atoms with van der Waals surface area (Å²) in [5, 5.41) is 14.6. The van der Waals surface area contributed by atoms with Crippen molar-refractivity contribution in [1.82, 2.24) is 0 Å². The van der Waals surface area contributed by atoms with E-state index >= 15 is 0 Å². The predicted molar refractivity (Wildman–Crippen MR) is 73.3 cm³/mol. The topological polar surface area (TPSA) is 68.1 Å². The van der Waals surface area contributed by atoms with Crippen LogP contribution in [0.25, 0.3) is 10.1 Å². The maximum Gasteiger partial charge on any atom is 0.361 e. The third-order valence-corrected chi connectivity index (χ3v) is 3.62. The molecule has 0 aliphatic heterocycles. The molecule has 1 N–H and O–H groups in total. The smallest absolute Gasteiger partial charge is 0.361 e. The first-order valence-corrected chi connectivity index (χ1v) is 6.54. The van der Waals surface area contributed by atoms with Crippen LogP contribution < -0.4 is 4.74 Å². The van der Waals surface area contributed by atoms with Crippen LogP contribution in [0.4, 0.5) is 0 Å². The van der Waals surface area contributed by atoms with Gasteiger partial charge in [0.05, 0.1) is 18.4 Å². The van der Waals surface area contributed by atoms with Gasteiger partial charge in [-0.15, -0.1) is 11.3 Å². The highest BCUT2D eigenvalue weighted by molar-refractivity contribution is 7.18. The van der Waals surface area contributed by atoms with Crippen LogP contribution >= 0.6 is 11.3 Å². The van der Waals surface area contributed by atoms with Crippen LogP contribution in [0.2, 0.25) is 0 Å². The number of carbonyl (C=O) groups is 1. The molecule has 0 aliphatic rings. The number of hydrogen-bond donors (Lipinski definition) is 1. The fourth-order valence-corrected chi connectivity index (χ4v) is 2.83. The molecular weight excluding hydrogens is 266 g/mol. The monoisotopic (exact) mass is 279 g/mol. The molecule has 0 spiro atoms. The molecule has 1 heterocycles. The minimum absolute atomic E-state index is 0.0960. The van der Waals surface area contributed by atoms with Crippen molar-refractivity contribution in [2.45, 2.75) is 6.92 Å². The summed E-state index contributed by atoms with van der Waals surface area (Å²) >= 11 is 1.42. The average molecular weight is 279 g/mol. The Balaban J connectivity index is 2.54.